The van der Waals surface area contributed by atoms with Gasteiger partial charge in [-0.25, -0.2) is 18.0 Å². The van der Waals surface area contributed by atoms with E-state index in [0.29, 0.717) is 26.2 Å². The molecule has 0 spiro atoms. The molecule has 2 fully saturated rings. The van der Waals surface area contributed by atoms with Crippen molar-refractivity contribution >= 4 is 11.7 Å². The Bertz CT molecular complexity index is 600. The number of ether oxygens (including phenoxy) is 1. The van der Waals surface area contributed by atoms with E-state index < -0.39 is 23.5 Å². The van der Waals surface area contributed by atoms with Crippen molar-refractivity contribution in [1.29, 1.82) is 0 Å². The van der Waals surface area contributed by atoms with E-state index in [1.165, 1.54) is 4.90 Å². The fourth-order valence-electron chi connectivity index (χ4n) is 3.03. The third-order valence-corrected chi connectivity index (χ3v) is 4.42. The molecule has 3 rings (SSSR count). The summed E-state index contributed by atoms with van der Waals surface area (Å²) in [5.74, 6) is -4.26. The molecule has 1 aromatic carbocycles. The number of urea groups is 1. The van der Waals surface area contributed by atoms with Crippen LogP contribution in [0.5, 0.6) is 0 Å². The first-order valence-corrected chi connectivity index (χ1v) is 8.08. The molecule has 0 bridgehead atoms. The molecule has 2 heterocycles. The Labute approximate surface area is 138 Å². The second-order valence-corrected chi connectivity index (χ2v) is 6.08. The van der Waals surface area contributed by atoms with Gasteiger partial charge >= 0.3 is 6.03 Å². The Balaban J connectivity index is 1.51. The highest BCUT2D eigenvalue weighted by molar-refractivity contribution is 5.89. The molecular weight excluding hydrogens is 323 g/mol. The zero-order chi connectivity index (χ0) is 17.1. The third-order valence-electron chi connectivity index (χ3n) is 4.42. The highest BCUT2D eigenvalue weighted by atomic mass is 19.2. The molecule has 0 saturated carbocycles. The molecule has 2 aliphatic rings. The maximum absolute atomic E-state index is 13.6. The number of halogens is 3. The van der Waals surface area contributed by atoms with Crippen molar-refractivity contribution < 1.29 is 22.7 Å². The summed E-state index contributed by atoms with van der Waals surface area (Å²) in [6.07, 6.45) is 2.42. The van der Waals surface area contributed by atoms with Gasteiger partial charge in [0, 0.05) is 39.3 Å². The SMILES string of the molecule is O=C(Nc1ccc(F)c(F)c1F)N1CCN(CC2CCCO2)CC1. The molecule has 0 aromatic heterocycles. The molecule has 132 valence electrons. The first-order chi connectivity index (χ1) is 11.5. The van der Waals surface area contributed by atoms with E-state index >= 15 is 0 Å². The summed E-state index contributed by atoms with van der Waals surface area (Å²) in [6, 6.07) is 1.28. The molecule has 8 heteroatoms. The summed E-state index contributed by atoms with van der Waals surface area (Å²) in [5, 5.41) is 2.30. The number of benzene rings is 1. The van der Waals surface area contributed by atoms with Crippen molar-refractivity contribution in [2.45, 2.75) is 18.9 Å². The zero-order valence-corrected chi connectivity index (χ0v) is 13.2. The highest BCUT2D eigenvalue weighted by Crippen LogP contribution is 2.20. The van der Waals surface area contributed by atoms with Crippen LogP contribution in [-0.2, 0) is 4.74 Å². The van der Waals surface area contributed by atoms with Crippen molar-refractivity contribution in [2.24, 2.45) is 0 Å². The fraction of sp³-hybridized carbons (Fsp3) is 0.562. The van der Waals surface area contributed by atoms with Crippen molar-refractivity contribution in [3.8, 4) is 0 Å². The molecular formula is C16H20F3N3O2. The van der Waals surface area contributed by atoms with Gasteiger partial charge in [-0.2, -0.15) is 0 Å². The van der Waals surface area contributed by atoms with Crippen LogP contribution < -0.4 is 5.32 Å². The van der Waals surface area contributed by atoms with Gasteiger partial charge < -0.3 is 15.0 Å². The second kappa shape index (κ2) is 7.40. The lowest BCUT2D eigenvalue weighted by Gasteiger charge is -2.35. The molecule has 2 saturated heterocycles. The van der Waals surface area contributed by atoms with Crippen LogP contribution in [0, 0.1) is 17.5 Å². The largest absolute Gasteiger partial charge is 0.377 e. The second-order valence-electron chi connectivity index (χ2n) is 6.08. The minimum absolute atomic E-state index is 0.265. The minimum atomic E-state index is -1.59. The number of nitrogens with zero attached hydrogens (tertiary/aromatic N) is 2. The molecule has 0 radical (unpaired) electrons. The van der Waals surface area contributed by atoms with E-state index in [2.05, 4.69) is 10.2 Å². The number of hydrogen-bond acceptors (Lipinski definition) is 3. The van der Waals surface area contributed by atoms with Gasteiger partial charge in [0.1, 0.15) is 0 Å². The van der Waals surface area contributed by atoms with E-state index in [1.807, 2.05) is 0 Å². The zero-order valence-electron chi connectivity index (χ0n) is 13.2. The van der Waals surface area contributed by atoms with E-state index in [4.69, 9.17) is 4.74 Å². The Morgan fingerprint density at radius 2 is 1.92 bits per heavy atom. The van der Waals surface area contributed by atoms with Gasteiger partial charge in [-0.05, 0) is 25.0 Å². The first kappa shape index (κ1) is 17.0. The molecule has 0 aliphatic carbocycles. The number of rotatable bonds is 3. The number of piperazine rings is 1. The molecule has 1 unspecified atom stereocenters. The Hall–Kier alpha value is -1.80. The van der Waals surface area contributed by atoms with E-state index in [0.717, 1.165) is 38.1 Å². The third kappa shape index (κ3) is 3.81. The van der Waals surface area contributed by atoms with Gasteiger partial charge in [0.25, 0.3) is 0 Å². The fourth-order valence-corrected chi connectivity index (χ4v) is 3.03. The smallest absolute Gasteiger partial charge is 0.322 e. The molecule has 24 heavy (non-hydrogen) atoms. The molecule has 5 nitrogen and oxygen atoms in total. The predicted molar refractivity (Wildman–Crippen MR) is 82.3 cm³/mol. The maximum Gasteiger partial charge on any atom is 0.322 e. The topological polar surface area (TPSA) is 44.8 Å². The van der Waals surface area contributed by atoms with Gasteiger partial charge in [-0.1, -0.05) is 0 Å². The highest BCUT2D eigenvalue weighted by Gasteiger charge is 2.25. The Morgan fingerprint density at radius 1 is 1.17 bits per heavy atom. The van der Waals surface area contributed by atoms with Crippen LogP contribution in [0.4, 0.5) is 23.7 Å². The summed E-state index contributed by atoms with van der Waals surface area (Å²) in [6.45, 7) is 4.05. The molecule has 1 N–H and O–H groups in total. The van der Waals surface area contributed by atoms with Gasteiger partial charge in [0.15, 0.2) is 17.5 Å². The normalized spacial score (nSPS) is 22.0. The van der Waals surface area contributed by atoms with E-state index in [9.17, 15) is 18.0 Å². The van der Waals surface area contributed by atoms with Gasteiger partial charge in [-0.15, -0.1) is 0 Å². The van der Waals surface area contributed by atoms with Crippen molar-refractivity contribution in [3.63, 3.8) is 0 Å². The van der Waals surface area contributed by atoms with Gasteiger partial charge in [0.05, 0.1) is 11.8 Å². The number of carbonyl (C=O) groups is 1. The van der Waals surface area contributed by atoms with E-state index in [-0.39, 0.29) is 11.8 Å². The molecule has 2 amide bonds. The number of amides is 2. The molecule has 2 aliphatic heterocycles. The lowest BCUT2D eigenvalue weighted by molar-refractivity contribution is 0.0571. The number of nitrogens with one attached hydrogen (secondary N) is 1. The van der Waals surface area contributed by atoms with Crippen LogP contribution in [0.2, 0.25) is 0 Å². The number of anilines is 1. The number of carbonyl (C=O) groups excluding carboxylic acids is 1. The Morgan fingerprint density at radius 3 is 2.58 bits per heavy atom. The first-order valence-electron chi connectivity index (χ1n) is 8.08. The van der Waals surface area contributed by atoms with Crippen LogP contribution in [-0.4, -0.2) is 61.3 Å². The summed E-state index contributed by atoms with van der Waals surface area (Å²) >= 11 is 0. The Kier molecular flexibility index (Phi) is 5.25. The van der Waals surface area contributed by atoms with Crippen molar-refractivity contribution in [1.82, 2.24) is 9.80 Å². The average Bonchev–Trinajstić information content (AvgIpc) is 3.09. The van der Waals surface area contributed by atoms with Crippen molar-refractivity contribution in [2.75, 3.05) is 44.6 Å². The van der Waals surface area contributed by atoms with Crippen LogP contribution in [0.1, 0.15) is 12.8 Å². The quantitative estimate of drug-likeness (QED) is 0.858. The molecule has 1 aromatic rings. The summed E-state index contributed by atoms with van der Waals surface area (Å²) in [4.78, 5) is 15.9. The van der Waals surface area contributed by atoms with Gasteiger partial charge in [-0.3, -0.25) is 4.90 Å². The lowest BCUT2D eigenvalue weighted by atomic mass is 10.2. The van der Waals surface area contributed by atoms with E-state index in [1.54, 1.807) is 0 Å². The lowest BCUT2D eigenvalue weighted by Crippen LogP contribution is -2.51. The van der Waals surface area contributed by atoms with Crippen LogP contribution >= 0.6 is 0 Å². The van der Waals surface area contributed by atoms with Crippen LogP contribution in [0.3, 0.4) is 0 Å². The summed E-state index contributed by atoms with van der Waals surface area (Å²) in [5.41, 5.74) is -0.360. The predicted octanol–water partition coefficient (Wildman–Crippen LogP) is 2.43. The van der Waals surface area contributed by atoms with Crippen molar-refractivity contribution in [3.05, 3.63) is 29.6 Å². The number of hydrogen-bond donors (Lipinski definition) is 1. The van der Waals surface area contributed by atoms with Gasteiger partial charge in [0.2, 0.25) is 0 Å². The average molecular weight is 343 g/mol. The standard InChI is InChI=1S/C16H20F3N3O2/c17-12-3-4-13(15(19)14(12)18)20-16(23)22-7-5-21(6-8-22)10-11-2-1-9-24-11/h3-4,11H,1-2,5-10H2,(H,20,23). The monoisotopic (exact) mass is 343 g/mol. The summed E-state index contributed by atoms with van der Waals surface area (Å²) < 4.78 is 45.3. The summed E-state index contributed by atoms with van der Waals surface area (Å²) in [7, 11) is 0. The van der Waals surface area contributed by atoms with Crippen LogP contribution in [0.15, 0.2) is 12.1 Å². The minimum Gasteiger partial charge on any atom is -0.377 e. The molecule has 1 atom stereocenters. The maximum atomic E-state index is 13.6. The van der Waals surface area contributed by atoms with Crippen LogP contribution in [0.25, 0.3) is 0 Å².